The van der Waals surface area contributed by atoms with Crippen LogP contribution in [0.25, 0.3) is 0 Å². The molecule has 0 aliphatic carbocycles. The summed E-state index contributed by atoms with van der Waals surface area (Å²) in [6.45, 7) is 0.948. The molecule has 0 bridgehead atoms. The number of piperazine rings is 1. The van der Waals surface area contributed by atoms with Gasteiger partial charge in [0.1, 0.15) is 16.5 Å². The van der Waals surface area contributed by atoms with Crippen LogP contribution in [-0.4, -0.2) is 32.4 Å². The predicted molar refractivity (Wildman–Crippen MR) is 94.6 cm³/mol. The summed E-state index contributed by atoms with van der Waals surface area (Å²) in [6, 6.07) is 8.40. The van der Waals surface area contributed by atoms with E-state index in [9.17, 15) is 17.2 Å². The lowest BCUT2D eigenvalue weighted by Gasteiger charge is -2.35. The summed E-state index contributed by atoms with van der Waals surface area (Å²) in [7, 11) is -4.03. The maximum Gasteiger partial charge on any atom is 0.245 e. The number of rotatable bonds is 3. The van der Waals surface area contributed by atoms with Gasteiger partial charge in [-0.15, -0.1) is 12.4 Å². The second-order valence-corrected chi connectivity index (χ2v) is 7.73. The third kappa shape index (κ3) is 4.12. The van der Waals surface area contributed by atoms with Gasteiger partial charge in [0.05, 0.1) is 11.1 Å². The van der Waals surface area contributed by atoms with Crippen LogP contribution >= 0.6 is 24.0 Å². The Morgan fingerprint density at radius 3 is 2.56 bits per heavy atom. The topological polar surface area (TPSA) is 49.4 Å². The first kappa shape index (κ1) is 20.1. The van der Waals surface area contributed by atoms with Crippen LogP contribution in [0, 0.1) is 11.6 Å². The minimum atomic E-state index is -4.03. The molecule has 0 aromatic heterocycles. The van der Waals surface area contributed by atoms with Crippen LogP contribution in [0.4, 0.5) is 8.78 Å². The van der Waals surface area contributed by atoms with E-state index in [2.05, 4.69) is 5.32 Å². The summed E-state index contributed by atoms with van der Waals surface area (Å²) < 4.78 is 54.2. The Labute approximate surface area is 156 Å². The molecule has 1 heterocycles. The van der Waals surface area contributed by atoms with Crippen molar-refractivity contribution >= 4 is 34.0 Å². The molecule has 9 heteroatoms. The molecule has 4 nitrogen and oxygen atoms in total. The van der Waals surface area contributed by atoms with Gasteiger partial charge in [0.15, 0.2) is 0 Å². The zero-order chi connectivity index (χ0) is 17.3. The van der Waals surface area contributed by atoms with Crippen molar-refractivity contribution < 1.29 is 17.2 Å². The van der Waals surface area contributed by atoms with Crippen molar-refractivity contribution in [2.24, 2.45) is 0 Å². The van der Waals surface area contributed by atoms with Gasteiger partial charge in [-0.05, 0) is 35.9 Å². The molecule has 3 rings (SSSR count). The monoisotopic (exact) mass is 408 g/mol. The Kier molecular flexibility index (Phi) is 6.40. The molecular formula is C16H16Cl2F2N2O2S. The van der Waals surface area contributed by atoms with Gasteiger partial charge in [-0.1, -0.05) is 23.7 Å². The standard InChI is InChI=1S/C16H15ClF2N2O2S.ClH/c17-14-5-4-13(19)9-16(14)24(22,23)21-7-6-20-10-15(21)11-2-1-3-12(18)8-11;/h1-5,8-9,15,20H,6-7,10H2;1H. The second kappa shape index (κ2) is 7.97. The van der Waals surface area contributed by atoms with Crippen LogP contribution in [0.1, 0.15) is 11.6 Å². The molecule has 2 aromatic rings. The largest absolute Gasteiger partial charge is 0.313 e. The fourth-order valence-corrected chi connectivity index (χ4v) is 4.87. The molecular weight excluding hydrogens is 393 g/mol. The Balaban J connectivity index is 0.00000225. The van der Waals surface area contributed by atoms with Crippen LogP contribution in [0.5, 0.6) is 0 Å². The van der Waals surface area contributed by atoms with Crippen LogP contribution in [-0.2, 0) is 10.0 Å². The zero-order valence-corrected chi connectivity index (χ0v) is 15.3. The summed E-state index contributed by atoms with van der Waals surface area (Å²) >= 11 is 5.97. The SMILES string of the molecule is Cl.O=S(=O)(c1cc(F)ccc1Cl)N1CCNCC1c1cccc(F)c1. The van der Waals surface area contributed by atoms with E-state index < -0.39 is 27.7 Å². The van der Waals surface area contributed by atoms with Crippen molar-refractivity contribution in [3.05, 3.63) is 64.7 Å². The van der Waals surface area contributed by atoms with E-state index in [1.54, 1.807) is 6.07 Å². The van der Waals surface area contributed by atoms with Gasteiger partial charge in [0.2, 0.25) is 10.0 Å². The predicted octanol–water partition coefficient (Wildman–Crippen LogP) is 3.38. The summed E-state index contributed by atoms with van der Waals surface area (Å²) in [5, 5.41) is 3.05. The van der Waals surface area contributed by atoms with Crippen molar-refractivity contribution in [3.63, 3.8) is 0 Å². The van der Waals surface area contributed by atoms with Gasteiger partial charge in [-0.2, -0.15) is 4.31 Å². The molecule has 1 saturated heterocycles. The lowest BCUT2D eigenvalue weighted by molar-refractivity contribution is 0.271. The van der Waals surface area contributed by atoms with Crippen molar-refractivity contribution in [1.82, 2.24) is 9.62 Å². The highest BCUT2D eigenvalue weighted by Gasteiger charge is 2.35. The van der Waals surface area contributed by atoms with E-state index in [4.69, 9.17) is 11.6 Å². The molecule has 1 aliphatic rings. The maximum absolute atomic E-state index is 13.5. The lowest BCUT2D eigenvalue weighted by atomic mass is 10.1. The normalized spacial score (nSPS) is 18.6. The summed E-state index contributed by atoms with van der Waals surface area (Å²) in [5.41, 5.74) is 0.526. The summed E-state index contributed by atoms with van der Waals surface area (Å²) in [5.74, 6) is -1.13. The highest BCUT2D eigenvalue weighted by Crippen LogP contribution is 2.32. The van der Waals surface area contributed by atoms with E-state index in [0.717, 1.165) is 12.1 Å². The first-order valence-corrected chi connectivity index (χ1v) is 9.14. The minimum absolute atomic E-state index is 0. The Morgan fingerprint density at radius 2 is 1.84 bits per heavy atom. The van der Waals surface area contributed by atoms with Gasteiger partial charge in [0, 0.05) is 19.6 Å². The highest BCUT2D eigenvalue weighted by atomic mass is 35.5. The molecule has 25 heavy (non-hydrogen) atoms. The van der Waals surface area contributed by atoms with Gasteiger partial charge in [-0.25, -0.2) is 17.2 Å². The van der Waals surface area contributed by atoms with Crippen LogP contribution < -0.4 is 5.32 Å². The van der Waals surface area contributed by atoms with E-state index in [-0.39, 0.29) is 28.9 Å². The van der Waals surface area contributed by atoms with Gasteiger partial charge in [0.25, 0.3) is 0 Å². The van der Waals surface area contributed by atoms with Gasteiger partial charge in [-0.3, -0.25) is 0 Å². The first-order chi connectivity index (χ1) is 11.4. The number of nitrogens with one attached hydrogen (secondary N) is 1. The van der Waals surface area contributed by atoms with Crippen molar-refractivity contribution in [3.8, 4) is 0 Å². The van der Waals surface area contributed by atoms with E-state index in [1.165, 1.54) is 28.6 Å². The molecule has 1 unspecified atom stereocenters. The lowest BCUT2D eigenvalue weighted by Crippen LogP contribution is -2.48. The Bertz CT molecular complexity index is 865. The molecule has 0 amide bonds. The number of hydrogen-bond acceptors (Lipinski definition) is 3. The second-order valence-electron chi connectivity index (χ2n) is 5.47. The van der Waals surface area contributed by atoms with Crippen LogP contribution in [0.2, 0.25) is 5.02 Å². The Morgan fingerprint density at radius 1 is 1.12 bits per heavy atom. The van der Waals surface area contributed by atoms with Crippen molar-refractivity contribution in [1.29, 1.82) is 0 Å². The molecule has 1 aliphatic heterocycles. The van der Waals surface area contributed by atoms with Gasteiger partial charge < -0.3 is 5.32 Å². The summed E-state index contributed by atoms with van der Waals surface area (Å²) in [4.78, 5) is -0.285. The number of benzene rings is 2. The average Bonchev–Trinajstić information content (AvgIpc) is 2.57. The molecule has 1 fully saturated rings. The fourth-order valence-electron chi connectivity index (χ4n) is 2.77. The zero-order valence-electron chi connectivity index (χ0n) is 13.0. The maximum atomic E-state index is 13.5. The van der Waals surface area contributed by atoms with Gasteiger partial charge >= 0.3 is 0 Å². The number of halogens is 4. The van der Waals surface area contributed by atoms with E-state index in [0.29, 0.717) is 18.7 Å². The first-order valence-electron chi connectivity index (χ1n) is 7.32. The molecule has 0 spiro atoms. The number of hydrogen-bond donors (Lipinski definition) is 1. The third-order valence-electron chi connectivity index (χ3n) is 3.91. The van der Waals surface area contributed by atoms with Crippen LogP contribution in [0.3, 0.4) is 0 Å². The van der Waals surface area contributed by atoms with Crippen molar-refractivity contribution in [2.75, 3.05) is 19.6 Å². The summed E-state index contributed by atoms with van der Waals surface area (Å²) in [6.07, 6.45) is 0. The molecule has 1 N–H and O–H groups in total. The molecule has 2 aromatic carbocycles. The molecule has 0 saturated carbocycles. The van der Waals surface area contributed by atoms with Crippen molar-refractivity contribution in [2.45, 2.75) is 10.9 Å². The molecule has 136 valence electrons. The number of sulfonamides is 1. The third-order valence-corrected chi connectivity index (χ3v) is 6.30. The minimum Gasteiger partial charge on any atom is -0.313 e. The fraction of sp³-hybridized carbons (Fsp3) is 0.250. The number of nitrogens with zero attached hydrogens (tertiary/aromatic N) is 1. The van der Waals surface area contributed by atoms with E-state index in [1.807, 2.05) is 0 Å². The smallest absolute Gasteiger partial charge is 0.245 e. The molecule has 1 atom stereocenters. The average molecular weight is 409 g/mol. The van der Waals surface area contributed by atoms with E-state index >= 15 is 0 Å². The Hall–Kier alpha value is -1.25. The quantitative estimate of drug-likeness (QED) is 0.846. The highest BCUT2D eigenvalue weighted by molar-refractivity contribution is 7.89. The molecule has 0 radical (unpaired) electrons. The van der Waals surface area contributed by atoms with Crippen LogP contribution in [0.15, 0.2) is 47.4 Å².